The van der Waals surface area contributed by atoms with Gasteiger partial charge < -0.3 is 9.84 Å². The third-order valence-corrected chi connectivity index (χ3v) is 6.24. The number of carbonyl (C=O) groups excluding carboxylic acids is 1. The van der Waals surface area contributed by atoms with Crippen molar-refractivity contribution in [1.82, 2.24) is 30.2 Å². The fourth-order valence-corrected chi connectivity index (χ4v) is 4.60. The number of hydrogen-bond acceptors (Lipinski definition) is 7. The molecule has 1 N–H and O–H groups in total. The first kappa shape index (κ1) is 18.7. The van der Waals surface area contributed by atoms with Gasteiger partial charge in [0.15, 0.2) is 5.82 Å². The number of amides is 1. The van der Waals surface area contributed by atoms with Crippen molar-refractivity contribution in [1.29, 1.82) is 0 Å². The van der Waals surface area contributed by atoms with Gasteiger partial charge in [-0.05, 0) is 25.0 Å². The minimum absolute atomic E-state index is 0.225. The molecule has 3 heterocycles. The number of hydrogen-bond donors (Lipinski definition) is 1. The quantitative estimate of drug-likeness (QED) is 0.526. The highest BCUT2D eigenvalue weighted by atomic mass is 32.1. The lowest BCUT2D eigenvalue weighted by atomic mass is 9.96. The van der Waals surface area contributed by atoms with Crippen molar-refractivity contribution in [3.05, 3.63) is 65.5 Å². The van der Waals surface area contributed by atoms with Crippen molar-refractivity contribution in [2.75, 3.05) is 0 Å². The van der Waals surface area contributed by atoms with Crippen LogP contribution in [-0.2, 0) is 5.54 Å². The van der Waals surface area contributed by atoms with E-state index in [0.717, 1.165) is 41.9 Å². The molecule has 1 aliphatic carbocycles. The van der Waals surface area contributed by atoms with Crippen LogP contribution >= 0.6 is 11.3 Å². The minimum Gasteiger partial charge on any atom is -0.340 e. The maximum absolute atomic E-state index is 13.0. The van der Waals surface area contributed by atoms with Crippen molar-refractivity contribution in [3.63, 3.8) is 0 Å². The van der Waals surface area contributed by atoms with Crippen LogP contribution in [0.5, 0.6) is 0 Å². The number of aryl methyl sites for hydroxylation is 1. The Hall–Kier alpha value is -3.33. The van der Waals surface area contributed by atoms with Gasteiger partial charge in [0.05, 0.1) is 11.9 Å². The molecule has 4 aromatic rings. The first-order valence-corrected chi connectivity index (χ1v) is 10.7. The summed E-state index contributed by atoms with van der Waals surface area (Å²) in [5.74, 6) is 0.819. The van der Waals surface area contributed by atoms with Crippen molar-refractivity contribution in [2.45, 2.75) is 38.1 Å². The number of nitrogens with one attached hydrogen (secondary N) is 1. The van der Waals surface area contributed by atoms with E-state index in [9.17, 15) is 4.79 Å². The van der Waals surface area contributed by atoms with Gasteiger partial charge in [-0.1, -0.05) is 36.2 Å². The van der Waals surface area contributed by atoms with Crippen molar-refractivity contribution in [3.8, 4) is 16.3 Å². The summed E-state index contributed by atoms with van der Waals surface area (Å²) in [6.07, 6.45) is 7.27. The lowest BCUT2D eigenvalue weighted by Gasteiger charge is -2.26. The maximum Gasteiger partial charge on any atom is 0.271 e. The van der Waals surface area contributed by atoms with E-state index in [1.54, 1.807) is 23.2 Å². The second-order valence-electron chi connectivity index (χ2n) is 7.43. The van der Waals surface area contributed by atoms with E-state index in [0.29, 0.717) is 17.4 Å². The number of thiazole rings is 1. The molecule has 0 spiro atoms. The predicted molar refractivity (Wildman–Crippen MR) is 111 cm³/mol. The number of carbonyl (C=O) groups is 1. The summed E-state index contributed by atoms with van der Waals surface area (Å²) in [4.78, 5) is 21.9. The van der Waals surface area contributed by atoms with Crippen LogP contribution in [0.25, 0.3) is 16.3 Å². The van der Waals surface area contributed by atoms with Gasteiger partial charge in [0.1, 0.15) is 16.2 Å². The molecule has 1 saturated carbocycles. The van der Waals surface area contributed by atoms with E-state index >= 15 is 0 Å². The Balaban J connectivity index is 1.36. The van der Waals surface area contributed by atoms with Crippen LogP contribution in [0.4, 0.5) is 0 Å². The molecule has 3 aromatic heterocycles. The average Bonchev–Trinajstić information content (AvgIpc) is 3.54. The SMILES string of the molecule is Cc1nc(C2(NC(=O)c3csc(-c4cnn(-c5ccccc5)c4)n3)CCCC2)no1. The van der Waals surface area contributed by atoms with E-state index in [2.05, 4.69) is 25.5 Å². The van der Waals surface area contributed by atoms with Gasteiger partial charge >= 0.3 is 0 Å². The maximum atomic E-state index is 13.0. The van der Waals surface area contributed by atoms with Crippen molar-refractivity contribution < 1.29 is 9.32 Å². The van der Waals surface area contributed by atoms with Gasteiger partial charge in [-0.2, -0.15) is 10.1 Å². The first-order chi connectivity index (χ1) is 14.6. The van der Waals surface area contributed by atoms with Crippen LogP contribution in [0.3, 0.4) is 0 Å². The van der Waals surface area contributed by atoms with Gasteiger partial charge in [-0.25, -0.2) is 9.67 Å². The number of rotatable bonds is 5. The molecule has 1 amide bonds. The normalized spacial score (nSPS) is 15.4. The first-order valence-electron chi connectivity index (χ1n) is 9.82. The van der Waals surface area contributed by atoms with Crippen LogP contribution in [0.1, 0.15) is 47.9 Å². The zero-order valence-corrected chi connectivity index (χ0v) is 17.2. The Morgan fingerprint density at radius 2 is 2.00 bits per heavy atom. The van der Waals surface area contributed by atoms with Crippen LogP contribution < -0.4 is 5.32 Å². The van der Waals surface area contributed by atoms with E-state index in [1.165, 1.54) is 11.3 Å². The number of aromatic nitrogens is 5. The predicted octanol–water partition coefficient (Wildman–Crippen LogP) is 3.89. The fraction of sp³-hybridized carbons (Fsp3) is 0.286. The Kier molecular flexibility index (Phi) is 4.66. The molecule has 1 fully saturated rings. The highest BCUT2D eigenvalue weighted by Gasteiger charge is 2.41. The summed E-state index contributed by atoms with van der Waals surface area (Å²) in [6, 6.07) is 9.86. The fourth-order valence-electron chi connectivity index (χ4n) is 3.82. The Labute approximate surface area is 177 Å². The molecule has 0 unspecified atom stereocenters. The van der Waals surface area contributed by atoms with Gasteiger partial charge in [0.25, 0.3) is 5.91 Å². The number of nitrogens with zero attached hydrogens (tertiary/aromatic N) is 5. The summed E-state index contributed by atoms with van der Waals surface area (Å²) >= 11 is 1.42. The summed E-state index contributed by atoms with van der Waals surface area (Å²) in [5.41, 5.74) is 1.63. The zero-order chi connectivity index (χ0) is 20.6. The third-order valence-electron chi connectivity index (χ3n) is 5.35. The molecule has 1 aromatic carbocycles. The number of benzene rings is 1. The standard InChI is InChI=1S/C21H20N6O2S/c1-14-23-20(26-29-14)21(9-5-6-10-21)25-18(28)17-13-30-19(24-17)15-11-22-27(12-15)16-7-3-2-4-8-16/h2-4,7-8,11-13H,5-6,9-10H2,1H3,(H,25,28). The van der Waals surface area contributed by atoms with Crippen LogP contribution in [-0.4, -0.2) is 30.8 Å². The molecular weight excluding hydrogens is 400 g/mol. The van der Waals surface area contributed by atoms with Crippen molar-refractivity contribution in [2.24, 2.45) is 0 Å². The molecule has 1 aliphatic rings. The van der Waals surface area contributed by atoms with Crippen LogP contribution in [0.2, 0.25) is 0 Å². The van der Waals surface area contributed by atoms with E-state index in [1.807, 2.05) is 36.5 Å². The van der Waals surface area contributed by atoms with Gasteiger partial charge in [-0.15, -0.1) is 11.3 Å². The zero-order valence-electron chi connectivity index (χ0n) is 16.4. The van der Waals surface area contributed by atoms with Gasteiger partial charge in [0, 0.05) is 24.1 Å². The molecular formula is C21H20N6O2S. The Morgan fingerprint density at radius 3 is 2.73 bits per heavy atom. The molecule has 0 radical (unpaired) electrons. The third kappa shape index (κ3) is 3.41. The highest BCUT2D eigenvalue weighted by Crippen LogP contribution is 2.37. The lowest BCUT2D eigenvalue weighted by molar-refractivity contribution is 0.0887. The second-order valence-corrected chi connectivity index (χ2v) is 8.29. The Morgan fingerprint density at radius 1 is 1.20 bits per heavy atom. The summed E-state index contributed by atoms with van der Waals surface area (Å²) in [6.45, 7) is 1.75. The smallest absolute Gasteiger partial charge is 0.271 e. The topological polar surface area (TPSA) is 98.7 Å². The molecule has 0 bridgehead atoms. The average molecular weight is 420 g/mol. The molecule has 0 atom stereocenters. The van der Waals surface area contributed by atoms with E-state index in [4.69, 9.17) is 4.52 Å². The summed E-state index contributed by atoms with van der Waals surface area (Å²) in [5, 5.41) is 14.1. The van der Waals surface area contributed by atoms with E-state index < -0.39 is 5.54 Å². The molecule has 0 saturated heterocycles. The Bertz CT molecular complexity index is 1170. The largest absolute Gasteiger partial charge is 0.340 e. The monoisotopic (exact) mass is 420 g/mol. The lowest BCUT2D eigenvalue weighted by Crippen LogP contribution is -2.44. The highest BCUT2D eigenvalue weighted by molar-refractivity contribution is 7.13. The molecule has 30 heavy (non-hydrogen) atoms. The van der Waals surface area contributed by atoms with Crippen molar-refractivity contribution >= 4 is 17.2 Å². The molecule has 5 rings (SSSR count). The minimum atomic E-state index is -0.586. The summed E-state index contributed by atoms with van der Waals surface area (Å²) < 4.78 is 6.95. The van der Waals surface area contributed by atoms with Crippen LogP contribution in [0, 0.1) is 6.92 Å². The van der Waals surface area contributed by atoms with Gasteiger partial charge in [0.2, 0.25) is 5.89 Å². The number of para-hydroxylation sites is 1. The molecule has 152 valence electrons. The van der Waals surface area contributed by atoms with Gasteiger partial charge in [-0.3, -0.25) is 4.79 Å². The van der Waals surface area contributed by atoms with E-state index in [-0.39, 0.29) is 5.91 Å². The van der Waals surface area contributed by atoms with Crippen LogP contribution in [0.15, 0.2) is 52.6 Å². The molecule has 0 aliphatic heterocycles. The molecule has 9 heteroatoms. The summed E-state index contributed by atoms with van der Waals surface area (Å²) in [7, 11) is 0. The molecule has 8 nitrogen and oxygen atoms in total. The second kappa shape index (κ2) is 7.49.